The first-order chi connectivity index (χ1) is 8.44. The Hall–Kier alpha value is -0.890. The summed E-state index contributed by atoms with van der Waals surface area (Å²) in [4.78, 5) is 0. The van der Waals surface area contributed by atoms with Gasteiger partial charge in [0, 0.05) is 6.04 Å². The van der Waals surface area contributed by atoms with Crippen LogP contribution in [0.15, 0.2) is 18.2 Å². The van der Waals surface area contributed by atoms with Crippen molar-refractivity contribution < 1.29 is 4.39 Å². The summed E-state index contributed by atoms with van der Waals surface area (Å²) < 4.78 is 13.6. The van der Waals surface area contributed by atoms with E-state index in [9.17, 15) is 4.39 Å². The van der Waals surface area contributed by atoms with Crippen molar-refractivity contribution in [3.8, 4) is 0 Å². The first-order valence-electron chi connectivity index (χ1n) is 6.94. The maximum Gasteiger partial charge on any atom is 0.123 e. The summed E-state index contributed by atoms with van der Waals surface area (Å²) in [5.41, 5.74) is 2.51. The van der Waals surface area contributed by atoms with Crippen LogP contribution in [0.2, 0.25) is 0 Å². The molecule has 2 atom stereocenters. The molecule has 1 saturated carbocycles. The Kier molecular flexibility index (Phi) is 3.76. The summed E-state index contributed by atoms with van der Waals surface area (Å²) in [6, 6.07) is 5.70. The molecule has 0 heterocycles. The average molecular weight is 249 g/mol. The average Bonchev–Trinajstić information content (AvgIpc) is 2.87. The van der Waals surface area contributed by atoms with Gasteiger partial charge in [0.2, 0.25) is 0 Å². The fourth-order valence-corrected chi connectivity index (χ4v) is 2.81. The second kappa shape index (κ2) is 5.00. The number of hydrogen-bond acceptors (Lipinski definition) is 1. The monoisotopic (exact) mass is 249 g/mol. The summed E-state index contributed by atoms with van der Waals surface area (Å²) in [6.07, 6.45) is 2.34. The van der Waals surface area contributed by atoms with E-state index in [2.05, 4.69) is 32.2 Å². The lowest BCUT2D eigenvalue weighted by molar-refractivity contribution is 0.414. The molecule has 1 aliphatic rings. The van der Waals surface area contributed by atoms with Gasteiger partial charge in [0.1, 0.15) is 5.82 Å². The molecule has 0 amide bonds. The third kappa shape index (κ3) is 2.92. The number of halogens is 1. The summed E-state index contributed by atoms with van der Waals surface area (Å²) in [5.74, 6) is 0.511. The SMILES string of the molecule is CCCNC(c1cc(C)cc(F)c1)C1CC1(C)C. The van der Waals surface area contributed by atoms with E-state index in [1.54, 1.807) is 12.1 Å². The van der Waals surface area contributed by atoms with Crippen LogP contribution in [0, 0.1) is 24.1 Å². The van der Waals surface area contributed by atoms with Gasteiger partial charge in [0.15, 0.2) is 0 Å². The largest absolute Gasteiger partial charge is 0.310 e. The third-order valence-corrected chi connectivity index (χ3v) is 4.03. The Morgan fingerprint density at radius 3 is 2.56 bits per heavy atom. The van der Waals surface area contributed by atoms with Crippen molar-refractivity contribution >= 4 is 0 Å². The lowest BCUT2D eigenvalue weighted by Crippen LogP contribution is -2.25. The fourth-order valence-electron chi connectivity index (χ4n) is 2.81. The standard InChI is InChI=1S/C16H24FN/c1-5-6-18-15(14-10-16(14,3)4)12-7-11(2)8-13(17)9-12/h7-9,14-15,18H,5-6,10H2,1-4H3. The molecule has 0 aliphatic heterocycles. The van der Waals surface area contributed by atoms with Gasteiger partial charge in [-0.05, 0) is 60.9 Å². The number of rotatable bonds is 5. The zero-order valence-electron chi connectivity index (χ0n) is 11.9. The van der Waals surface area contributed by atoms with E-state index in [4.69, 9.17) is 0 Å². The summed E-state index contributed by atoms with van der Waals surface area (Å²) in [7, 11) is 0. The Morgan fingerprint density at radius 2 is 2.06 bits per heavy atom. The van der Waals surface area contributed by atoms with Gasteiger partial charge in [-0.1, -0.05) is 26.8 Å². The smallest absolute Gasteiger partial charge is 0.123 e. The van der Waals surface area contributed by atoms with Gasteiger partial charge in [0.25, 0.3) is 0 Å². The predicted octanol–water partition coefficient (Wildman–Crippen LogP) is 4.22. The van der Waals surface area contributed by atoms with Gasteiger partial charge >= 0.3 is 0 Å². The van der Waals surface area contributed by atoms with E-state index >= 15 is 0 Å². The number of benzene rings is 1. The Bertz CT molecular complexity index is 405. The van der Waals surface area contributed by atoms with Crippen LogP contribution in [-0.4, -0.2) is 6.54 Å². The number of aryl methyl sites for hydroxylation is 1. The molecule has 2 heteroatoms. The first-order valence-corrected chi connectivity index (χ1v) is 6.94. The van der Waals surface area contributed by atoms with Crippen molar-refractivity contribution in [3.63, 3.8) is 0 Å². The van der Waals surface area contributed by atoms with Gasteiger partial charge in [-0.2, -0.15) is 0 Å². The van der Waals surface area contributed by atoms with E-state index in [0.29, 0.717) is 17.4 Å². The third-order valence-electron chi connectivity index (χ3n) is 4.03. The van der Waals surface area contributed by atoms with Crippen LogP contribution in [0.4, 0.5) is 4.39 Å². The minimum absolute atomic E-state index is 0.119. The highest BCUT2D eigenvalue weighted by Crippen LogP contribution is 2.57. The van der Waals surface area contributed by atoms with Crippen molar-refractivity contribution in [2.45, 2.75) is 46.6 Å². The Labute approximate surface area is 110 Å². The van der Waals surface area contributed by atoms with Crippen molar-refractivity contribution in [1.82, 2.24) is 5.32 Å². The van der Waals surface area contributed by atoms with Gasteiger partial charge < -0.3 is 5.32 Å². The molecule has 0 spiro atoms. The van der Waals surface area contributed by atoms with Crippen molar-refractivity contribution in [2.24, 2.45) is 11.3 Å². The zero-order chi connectivity index (χ0) is 13.3. The molecule has 1 aromatic carbocycles. The Balaban J connectivity index is 2.22. The van der Waals surface area contributed by atoms with Crippen molar-refractivity contribution in [3.05, 3.63) is 35.1 Å². The van der Waals surface area contributed by atoms with Crippen LogP contribution < -0.4 is 5.32 Å². The predicted molar refractivity (Wildman–Crippen MR) is 74.1 cm³/mol. The lowest BCUT2D eigenvalue weighted by atomic mass is 9.95. The zero-order valence-corrected chi connectivity index (χ0v) is 11.9. The second-order valence-electron chi connectivity index (χ2n) is 6.29. The summed E-state index contributed by atoms with van der Waals surface area (Å²) >= 11 is 0. The molecule has 1 fully saturated rings. The molecule has 2 rings (SSSR count). The van der Waals surface area contributed by atoms with Gasteiger partial charge in [-0.15, -0.1) is 0 Å². The summed E-state index contributed by atoms with van der Waals surface area (Å²) in [5, 5.41) is 3.59. The molecule has 100 valence electrons. The second-order valence-corrected chi connectivity index (χ2v) is 6.29. The van der Waals surface area contributed by atoms with E-state index in [1.807, 2.05) is 6.92 Å². The lowest BCUT2D eigenvalue weighted by Gasteiger charge is -2.21. The quantitative estimate of drug-likeness (QED) is 0.823. The van der Waals surface area contributed by atoms with Crippen LogP contribution in [-0.2, 0) is 0 Å². The minimum atomic E-state index is -0.119. The molecular weight excluding hydrogens is 225 g/mol. The van der Waals surface area contributed by atoms with Crippen molar-refractivity contribution in [2.75, 3.05) is 6.54 Å². The maximum atomic E-state index is 13.6. The highest BCUT2D eigenvalue weighted by atomic mass is 19.1. The number of hydrogen-bond donors (Lipinski definition) is 1. The Morgan fingerprint density at radius 1 is 1.39 bits per heavy atom. The summed E-state index contributed by atoms with van der Waals surface area (Å²) in [6.45, 7) is 9.71. The first kappa shape index (κ1) is 13.5. The van der Waals surface area contributed by atoms with E-state index < -0.39 is 0 Å². The fraction of sp³-hybridized carbons (Fsp3) is 0.625. The van der Waals surface area contributed by atoms with Crippen LogP contribution in [0.25, 0.3) is 0 Å². The molecule has 1 nitrogen and oxygen atoms in total. The molecular formula is C16H24FN. The van der Waals surface area contributed by atoms with Crippen LogP contribution in [0.3, 0.4) is 0 Å². The number of nitrogens with one attached hydrogen (secondary N) is 1. The maximum absolute atomic E-state index is 13.6. The molecule has 0 saturated heterocycles. The normalized spacial score (nSPS) is 22.8. The van der Waals surface area contributed by atoms with E-state index in [-0.39, 0.29) is 5.82 Å². The molecule has 1 N–H and O–H groups in total. The molecule has 1 aromatic rings. The van der Waals surface area contributed by atoms with Crippen molar-refractivity contribution in [1.29, 1.82) is 0 Å². The molecule has 0 bridgehead atoms. The van der Waals surface area contributed by atoms with Crippen LogP contribution in [0.5, 0.6) is 0 Å². The van der Waals surface area contributed by atoms with Crippen LogP contribution >= 0.6 is 0 Å². The minimum Gasteiger partial charge on any atom is -0.310 e. The highest BCUT2D eigenvalue weighted by Gasteiger charge is 2.50. The molecule has 18 heavy (non-hydrogen) atoms. The van der Waals surface area contributed by atoms with Gasteiger partial charge in [-0.25, -0.2) is 4.39 Å². The highest BCUT2D eigenvalue weighted by molar-refractivity contribution is 5.28. The van der Waals surface area contributed by atoms with E-state index in [1.165, 1.54) is 6.42 Å². The van der Waals surface area contributed by atoms with Gasteiger partial charge in [-0.3, -0.25) is 0 Å². The van der Waals surface area contributed by atoms with Crippen LogP contribution in [0.1, 0.15) is 50.8 Å². The molecule has 2 unspecified atom stereocenters. The van der Waals surface area contributed by atoms with Gasteiger partial charge in [0.05, 0.1) is 0 Å². The molecule has 1 aliphatic carbocycles. The molecule has 0 radical (unpaired) electrons. The molecule has 0 aromatic heterocycles. The topological polar surface area (TPSA) is 12.0 Å². The van der Waals surface area contributed by atoms with E-state index in [0.717, 1.165) is 24.1 Å².